The number of nitrogens with one attached hydrogen (secondary N) is 2. The maximum atomic E-state index is 12.2. The molecule has 4 heteroatoms. The minimum Gasteiger partial charge on any atom is -0.338 e. The molecule has 2 bridgehead atoms. The average Bonchev–Trinajstić information content (AvgIpc) is 2.93. The third kappa shape index (κ3) is 3.27. The number of hydrogen-bond acceptors (Lipinski definition) is 2. The summed E-state index contributed by atoms with van der Waals surface area (Å²) in [6.45, 7) is 3.15. The summed E-state index contributed by atoms with van der Waals surface area (Å²) in [5, 5.41) is 6.41. The zero-order chi connectivity index (χ0) is 14.0. The first kappa shape index (κ1) is 14.2. The van der Waals surface area contributed by atoms with E-state index >= 15 is 0 Å². The molecule has 1 unspecified atom stereocenters. The Morgan fingerprint density at radius 1 is 1.25 bits per heavy atom. The molecule has 3 rings (SSSR count). The van der Waals surface area contributed by atoms with Crippen LogP contribution in [-0.2, 0) is 0 Å². The van der Waals surface area contributed by atoms with E-state index in [1.807, 2.05) is 0 Å². The molecule has 1 aliphatic heterocycles. The second kappa shape index (κ2) is 5.92. The number of urea groups is 1. The Hall–Kier alpha value is -0.770. The molecule has 1 saturated heterocycles. The number of amides is 2. The number of fused-ring (bicyclic) bond motifs is 2. The van der Waals surface area contributed by atoms with Crippen LogP contribution in [0.4, 0.5) is 4.79 Å². The molecule has 2 amide bonds. The van der Waals surface area contributed by atoms with E-state index in [2.05, 4.69) is 22.6 Å². The first-order valence-electron chi connectivity index (χ1n) is 8.40. The van der Waals surface area contributed by atoms with E-state index in [1.165, 1.54) is 57.9 Å². The second-order valence-electron chi connectivity index (χ2n) is 7.39. The standard InChI is InChI=1S/C16H29N3O/c1-19-9-3-2-4-14(12-19)11-17-15(20)18-16-7-5-13(10-16)6-8-16/h13-14H,2-12H2,1H3,(H2,17,18,20). The van der Waals surface area contributed by atoms with Crippen LogP contribution in [0.3, 0.4) is 0 Å². The molecule has 20 heavy (non-hydrogen) atoms. The highest BCUT2D eigenvalue weighted by atomic mass is 16.2. The van der Waals surface area contributed by atoms with Crippen LogP contribution in [0.2, 0.25) is 0 Å². The van der Waals surface area contributed by atoms with Gasteiger partial charge in [0.2, 0.25) is 0 Å². The van der Waals surface area contributed by atoms with Gasteiger partial charge in [0.05, 0.1) is 0 Å². The van der Waals surface area contributed by atoms with Crippen LogP contribution in [0.1, 0.15) is 51.4 Å². The van der Waals surface area contributed by atoms with Crippen molar-refractivity contribution in [1.29, 1.82) is 0 Å². The molecule has 0 radical (unpaired) electrons. The van der Waals surface area contributed by atoms with Crippen molar-refractivity contribution >= 4 is 6.03 Å². The van der Waals surface area contributed by atoms with Crippen LogP contribution < -0.4 is 10.6 Å². The van der Waals surface area contributed by atoms with Gasteiger partial charge in [0.25, 0.3) is 0 Å². The smallest absolute Gasteiger partial charge is 0.315 e. The lowest BCUT2D eigenvalue weighted by atomic mass is 9.94. The van der Waals surface area contributed by atoms with Crippen molar-refractivity contribution < 1.29 is 4.79 Å². The van der Waals surface area contributed by atoms with Gasteiger partial charge in [0.15, 0.2) is 0 Å². The van der Waals surface area contributed by atoms with Crippen LogP contribution in [0.15, 0.2) is 0 Å². The zero-order valence-electron chi connectivity index (χ0n) is 12.8. The van der Waals surface area contributed by atoms with Gasteiger partial charge < -0.3 is 15.5 Å². The molecule has 4 nitrogen and oxygen atoms in total. The van der Waals surface area contributed by atoms with E-state index in [4.69, 9.17) is 0 Å². The summed E-state index contributed by atoms with van der Waals surface area (Å²) in [6.07, 6.45) is 10.1. The minimum atomic E-state index is 0.0689. The van der Waals surface area contributed by atoms with E-state index in [9.17, 15) is 4.79 Å². The quantitative estimate of drug-likeness (QED) is 0.833. The predicted molar refractivity (Wildman–Crippen MR) is 80.7 cm³/mol. The second-order valence-corrected chi connectivity index (χ2v) is 7.39. The highest BCUT2D eigenvalue weighted by Gasteiger charge is 2.45. The summed E-state index contributed by atoms with van der Waals surface area (Å²) < 4.78 is 0. The summed E-state index contributed by atoms with van der Waals surface area (Å²) in [4.78, 5) is 14.6. The Balaban J connectivity index is 1.42. The molecule has 0 aromatic rings. The number of rotatable bonds is 3. The van der Waals surface area contributed by atoms with Gasteiger partial charge in [-0.3, -0.25) is 0 Å². The maximum Gasteiger partial charge on any atom is 0.315 e. The maximum absolute atomic E-state index is 12.2. The largest absolute Gasteiger partial charge is 0.338 e. The molecule has 1 atom stereocenters. The van der Waals surface area contributed by atoms with Crippen molar-refractivity contribution in [1.82, 2.24) is 15.5 Å². The highest BCUT2D eigenvalue weighted by molar-refractivity contribution is 5.75. The fourth-order valence-electron chi connectivity index (χ4n) is 4.49. The van der Waals surface area contributed by atoms with E-state index in [-0.39, 0.29) is 11.6 Å². The van der Waals surface area contributed by atoms with Gasteiger partial charge in [-0.25, -0.2) is 4.79 Å². The summed E-state index contributed by atoms with van der Waals surface area (Å²) >= 11 is 0. The Morgan fingerprint density at radius 2 is 2.05 bits per heavy atom. The van der Waals surface area contributed by atoms with E-state index in [1.54, 1.807) is 0 Å². The fourth-order valence-corrected chi connectivity index (χ4v) is 4.49. The van der Waals surface area contributed by atoms with Crippen LogP contribution in [0.25, 0.3) is 0 Å². The van der Waals surface area contributed by atoms with Crippen LogP contribution >= 0.6 is 0 Å². The van der Waals surface area contributed by atoms with E-state index in [0.29, 0.717) is 5.92 Å². The highest BCUT2D eigenvalue weighted by Crippen LogP contribution is 2.47. The number of carbonyl (C=O) groups is 1. The average molecular weight is 279 g/mol. The van der Waals surface area contributed by atoms with Crippen molar-refractivity contribution in [3.63, 3.8) is 0 Å². The molecule has 1 heterocycles. The van der Waals surface area contributed by atoms with E-state index in [0.717, 1.165) is 19.0 Å². The molecular formula is C16H29N3O. The summed E-state index contributed by atoms with van der Waals surface area (Å²) in [5.41, 5.74) is 0.148. The number of hydrogen-bond donors (Lipinski definition) is 2. The zero-order valence-corrected chi connectivity index (χ0v) is 12.8. The number of likely N-dealkylation sites (tertiary alicyclic amines) is 1. The van der Waals surface area contributed by atoms with Crippen molar-refractivity contribution in [3.05, 3.63) is 0 Å². The molecule has 3 fully saturated rings. The lowest BCUT2D eigenvalue weighted by Gasteiger charge is -2.28. The van der Waals surface area contributed by atoms with Crippen molar-refractivity contribution in [2.45, 2.75) is 56.9 Å². The van der Waals surface area contributed by atoms with E-state index < -0.39 is 0 Å². The Morgan fingerprint density at radius 3 is 2.75 bits per heavy atom. The van der Waals surface area contributed by atoms with Gasteiger partial charge in [0.1, 0.15) is 0 Å². The third-order valence-electron chi connectivity index (χ3n) is 5.64. The monoisotopic (exact) mass is 279 g/mol. The predicted octanol–water partition coefficient (Wildman–Crippen LogP) is 2.35. The molecule has 2 aliphatic carbocycles. The van der Waals surface area contributed by atoms with Crippen molar-refractivity contribution in [3.8, 4) is 0 Å². The molecule has 2 saturated carbocycles. The summed E-state index contributed by atoms with van der Waals surface area (Å²) in [7, 11) is 2.19. The molecule has 2 N–H and O–H groups in total. The molecule has 114 valence electrons. The molecule has 0 spiro atoms. The lowest BCUT2D eigenvalue weighted by molar-refractivity contribution is 0.219. The third-order valence-corrected chi connectivity index (χ3v) is 5.64. The first-order chi connectivity index (χ1) is 9.65. The topological polar surface area (TPSA) is 44.4 Å². The van der Waals surface area contributed by atoms with Crippen LogP contribution in [0, 0.1) is 11.8 Å². The van der Waals surface area contributed by atoms with Gasteiger partial charge in [-0.15, -0.1) is 0 Å². The van der Waals surface area contributed by atoms with Gasteiger partial charge >= 0.3 is 6.03 Å². The summed E-state index contributed by atoms with van der Waals surface area (Å²) in [6, 6.07) is 0.0689. The summed E-state index contributed by atoms with van der Waals surface area (Å²) in [5.74, 6) is 1.50. The normalized spacial score (nSPS) is 37.6. The molecular weight excluding hydrogens is 250 g/mol. The molecule has 3 aliphatic rings. The van der Waals surface area contributed by atoms with Crippen LogP contribution in [-0.4, -0.2) is 43.2 Å². The Kier molecular flexibility index (Phi) is 4.20. The number of nitrogens with zero attached hydrogens (tertiary/aromatic N) is 1. The minimum absolute atomic E-state index is 0.0689. The van der Waals surface area contributed by atoms with Crippen LogP contribution in [0.5, 0.6) is 0 Å². The van der Waals surface area contributed by atoms with Crippen molar-refractivity contribution in [2.75, 3.05) is 26.7 Å². The first-order valence-corrected chi connectivity index (χ1v) is 8.40. The van der Waals surface area contributed by atoms with Gasteiger partial charge in [-0.05, 0) is 70.4 Å². The Labute approximate surface area is 122 Å². The van der Waals surface area contributed by atoms with Crippen molar-refractivity contribution in [2.24, 2.45) is 11.8 Å². The SMILES string of the molecule is CN1CCCCC(CNC(=O)NC23CCC(CC2)C3)C1. The molecule has 0 aromatic heterocycles. The lowest BCUT2D eigenvalue weighted by Crippen LogP contribution is -2.50. The van der Waals surface area contributed by atoms with Gasteiger partial charge in [-0.1, -0.05) is 6.42 Å². The Bertz CT molecular complexity index is 350. The van der Waals surface area contributed by atoms with Gasteiger partial charge in [0, 0.05) is 18.6 Å². The number of carbonyl (C=O) groups excluding carboxylic acids is 1. The fraction of sp³-hybridized carbons (Fsp3) is 0.938. The molecule has 0 aromatic carbocycles. The van der Waals surface area contributed by atoms with Gasteiger partial charge in [-0.2, -0.15) is 0 Å².